The topological polar surface area (TPSA) is 279 Å². The Labute approximate surface area is 429 Å². The molecule has 73 heavy (non-hydrogen) atoms. The second kappa shape index (κ2) is 19.1. The minimum atomic E-state index is -2.24. The molecule has 0 unspecified atom stereocenters. The first-order valence-corrected chi connectivity index (χ1v) is 29.0. The summed E-state index contributed by atoms with van der Waals surface area (Å²) in [4.78, 5) is 49.5. The molecule has 0 aromatic carbocycles. The van der Waals surface area contributed by atoms with E-state index in [1.165, 1.54) is 0 Å². The van der Waals surface area contributed by atoms with Crippen molar-refractivity contribution in [3.8, 4) is 0 Å². The number of aliphatic hydroxyl groups is 5. The van der Waals surface area contributed by atoms with Gasteiger partial charge in [-0.3, -0.25) is 19.2 Å². The number of hydrazone groups is 2. The lowest BCUT2D eigenvalue weighted by Gasteiger charge is -2.62. The highest BCUT2D eigenvalue weighted by Crippen LogP contribution is 2.72. The number of halogens is 2. The van der Waals surface area contributed by atoms with E-state index in [4.69, 9.17) is 15.9 Å². The highest BCUT2D eigenvalue weighted by atomic mass is 28.4. The minimum Gasteiger partial charge on any atom is -0.409 e. The molecule has 0 aliphatic heterocycles. The van der Waals surface area contributed by atoms with Gasteiger partial charge in [-0.05, 0) is 131 Å². The van der Waals surface area contributed by atoms with Crippen LogP contribution in [0.25, 0.3) is 0 Å². The number of carbonyl (C=O) groups excluding carboxylic acids is 4. The number of rotatable bonds is 10. The van der Waals surface area contributed by atoms with Gasteiger partial charge in [0.15, 0.2) is 31.2 Å². The van der Waals surface area contributed by atoms with Crippen LogP contribution >= 0.6 is 0 Å². The van der Waals surface area contributed by atoms with Gasteiger partial charge in [-0.15, -0.1) is 0 Å². The summed E-state index contributed by atoms with van der Waals surface area (Å²) in [7, 11) is -2.24. The van der Waals surface area contributed by atoms with Crippen LogP contribution in [0, 0.1) is 57.2 Å². The van der Waals surface area contributed by atoms with Crippen LogP contribution in [0.4, 0.5) is 8.78 Å². The third-order valence-corrected chi connectivity index (χ3v) is 25.3. The van der Waals surface area contributed by atoms with Crippen LogP contribution in [-0.2, 0) is 23.6 Å². The first kappa shape index (κ1) is 57.1. The molecule has 0 bridgehead atoms. The monoisotopic (exact) mass is 1040 g/mol. The van der Waals surface area contributed by atoms with E-state index in [0.29, 0.717) is 49.9 Å². The Hall–Kier alpha value is -3.66. The van der Waals surface area contributed by atoms with Crippen molar-refractivity contribution in [3.63, 3.8) is 0 Å². The molecule has 6 saturated carbocycles. The molecule has 16 atom stereocenters. The summed E-state index contributed by atoms with van der Waals surface area (Å²) in [5.74, 6) is -4.49. The summed E-state index contributed by atoms with van der Waals surface area (Å²) in [5, 5.41) is 64.2. The fourth-order valence-electron chi connectivity index (χ4n) is 15.5. The third-order valence-electron chi connectivity index (χ3n) is 20.8. The zero-order valence-corrected chi connectivity index (χ0v) is 45.7. The lowest BCUT2D eigenvalue weighted by Crippen LogP contribution is -2.69. The summed E-state index contributed by atoms with van der Waals surface area (Å²) in [5.41, 5.74) is 6.16. The Morgan fingerprint density at radius 2 is 1.11 bits per heavy atom. The summed E-state index contributed by atoms with van der Waals surface area (Å²) in [6.45, 7) is 19.9. The number of fused-ring (bicyclic) bond motifs is 10. The standard InChI is InChI=1S/C30H48FN3O5Si.C24H34FN3O5/c1-18-13-22-21-10-9-19-14-20(33-34-25(37)16-32)11-12-27(19,5)29(21,31)23(35)15-28(22,6)30(18,38)24(36)17-39-40(7,8)26(2,3)4;1-13-8-17-16-5-4-14-9-15(27-28-20(32)11-26)6-7-21(14,2)23(16,25)18(30)10-22(17,3)24(13,33)19(31)12-29/h11-12,14,18,21-23,35,38H,9-10,13,15-17,32H2,1-8H3,(H,34,37);6-7,9,13,16-18,29-30,33H,4-5,8,10-12,26H2,1-3H3,(H,28,32)/b33-20+;27-15+/t18-,21+,22+,23+,27+,28+,29+,30+;13-,16+,17+,18+,21+,22+,23+,24+/m11/s1. The van der Waals surface area contributed by atoms with Gasteiger partial charge in [0.1, 0.15) is 17.8 Å². The number of carbonyl (C=O) groups is 4. The summed E-state index contributed by atoms with van der Waals surface area (Å²) < 4.78 is 41.0. The van der Waals surface area contributed by atoms with Gasteiger partial charge in [0.05, 0.1) is 43.3 Å². The number of hydrogen-bond acceptors (Lipinski definition) is 14. The van der Waals surface area contributed by atoms with E-state index < -0.39 is 113 Å². The van der Waals surface area contributed by atoms with E-state index in [9.17, 15) is 44.7 Å². The smallest absolute Gasteiger partial charge is 0.253 e. The fraction of sp³-hybridized carbons (Fsp3) is 0.741. The lowest BCUT2D eigenvalue weighted by atomic mass is 9.44. The Morgan fingerprint density at radius 3 is 1.47 bits per heavy atom. The van der Waals surface area contributed by atoms with E-state index >= 15 is 8.78 Å². The molecule has 19 heteroatoms. The molecular formula is C54H82F2N6O10Si. The first-order valence-electron chi connectivity index (χ1n) is 26.1. The van der Waals surface area contributed by atoms with E-state index in [2.05, 4.69) is 54.9 Å². The molecule has 8 aliphatic rings. The van der Waals surface area contributed by atoms with Crippen LogP contribution in [0.3, 0.4) is 0 Å². The van der Waals surface area contributed by atoms with Crippen molar-refractivity contribution in [2.24, 2.45) is 78.8 Å². The maximum absolute atomic E-state index is 17.6. The molecule has 0 aromatic heterocycles. The van der Waals surface area contributed by atoms with Crippen molar-refractivity contribution in [2.75, 3.05) is 26.3 Å². The predicted molar refractivity (Wildman–Crippen MR) is 275 cm³/mol. The normalized spacial score (nSPS) is 44.5. The van der Waals surface area contributed by atoms with Gasteiger partial charge in [-0.1, -0.05) is 71.8 Å². The molecule has 406 valence electrons. The molecule has 8 aliphatic carbocycles. The van der Waals surface area contributed by atoms with E-state index in [1.807, 2.05) is 20.8 Å². The fourth-order valence-corrected chi connectivity index (χ4v) is 16.4. The van der Waals surface area contributed by atoms with Gasteiger partial charge in [0, 0.05) is 33.5 Å². The van der Waals surface area contributed by atoms with Gasteiger partial charge in [-0.25, -0.2) is 19.6 Å². The SMILES string of the molecule is C[C@@H]1C[C@H]2[C@@H]3CCC4=C/C(=N/NC(=O)CN)C=C[C@]4(C)[C@@]3(F)[C@@H](O)C[C@]2(C)[C@@]1(O)C(=O)CO.C[C@@H]1C[C@H]2[C@@H]3CCC4=C/C(=N/NC(=O)CN)C=C[C@]4(C)[C@@]3(F)[C@@H](O)C[C@]2(C)[C@@]1(O)C(=O)CO[Si](C)(C)C(C)(C)C. The van der Waals surface area contributed by atoms with Crippen molar-refractivity contribution in [3.05, 3.63) is 47.6 Å². The average molecular weight is 1040 g/mol. The quantitative estimate of drug-likeness (QED) is 0.108. The van der Waals surface area contributed by atoms with Gasteiger partial charge >= 0.3 is 0 Å². The minimum absolute atomic E-state index is 0.0262. The van der Waals surface area contributed by atoms with Crippen molar-refractivity contribution in [1.82, 2.24) is 10.9 Å². The number of nitrogens with two attached hydrogens (primary N) is 2. The van der Waals surface area contributed by atoms with Gasteiger partial charge < -0.3 is 41.4 Å². The summed E-state index contributed by atoms with van der Waals surface area (Å²) in [6.07, 6.45) is 10.4. The van der Waals surface area contributed by atoms with Crippen molar-refractivity contribution < 1.29 is 57.9 Å². The predicted octanol–water partition coefficient (Wildman–Crippen LogP) is 4.54. The molecular weight excluding hydrogens is 959 g/mol. The van der Waals surface area contributed by atoms with Crippen molar-refractivity contribution >= 4 is 43.1 Å². The number of Topliss-reactive ketones (excluding diaryl/α,β-unsaturated/α-hetero) is 2. The maximum atomic E-state index is 17.6. The Morgan fingerprint density at radius 1 is 0.726 bits per heavy atom. The second-order valence-electron chi connectivity index (χ2n) is 25.1. The number of hydrogen-bond donors (Lipinski definition) is 9. The summed E-state index contributed by atoms with van der Waals surface area (Å²) in [6, 6.07) is 0. The molecule has 0 radical (unpaired) electrons. The molecule has 6 fully saturated rings. The van der Waals surface area contributed by atoms with Crippen LogP contribution in [-0.4, -0.2) is 130 Å². The molecule has 11 N–H and O–H groups in total. The molecule has 2 amide bonds. The zero-order chi connectivity index (χ0) is 54.5. The number of alkyl halides is 2. The molecule has 8 rings (SSSR count). The first-order chi connectivity index (χ1) is 33.7. The van der Waals surface area contributed by atoms with E-state index in [-0.39, 0.29) is 55.2 Å². The maximum Gasteiger partial charge on any atom is 0.253 e. The average Bonchev–Trinajstić information content (AvgIpc) is 3.66. The van der Waals surface area contributed by atoms with Crippen LogP contribution in [0.2, 0.25) is 18.1 Å². The number of ketones is 2. The lowest BCUT2D eigenvalue weighted by molar-refractivity contribution is -0.219. The van der Waals surface area contributed by atoms with E-state index in [0.717, 1.165) is 11.1 Å². The number of nitrogens with zero attached hydrogens (tertiary/aromatic N) is 2. The highest BCUT2D eigenvalue weighted by molar-refractivity contribution is 6.74. The number of aliphatic hydroxyl groups excluding tert-OH is 3. The Kier molecular flexibility index (Phi) is 14.9. The van der Waals surface area contributed by atoms with Gasteiger partial charge in [0.2, 0.25) is 0 Å². The highest BCUT2D eigenvalue weighted by Gasteiger charge is 2.77. The van der Waals surface area contributed by atoms with Crippen molar-refractivity contribution in [1.29, 1.82) is 0 Å². The Bertz CT molecular complexity index is 2460. The third kappa shape index (κ3) is 8.21. The van der Waals surface area contributed by atoms with Crippen LogP contribution < -0.4 is 22.3 Å². The number of amides is 2. The molecule has 0 heterocycles. The van der Waals surface area contributed by atoms with Crippen LogP contribution in [0.15, 0.2) is 57.8 Å². The largest absolute Gasteiger partial charge is 0.409 e. The Balaban J connectivity index is 0.000000218. The van der Waals surface area contributed by atoms with Crippen LogP contribution in [0.1, 0.15) is 114 Å². The van der Waals surface area contributed by atoms with Crippen LogP contribution in [0.5, 0.6) is 0 Å². The molecule has 16 nitrogen and oxygen atoms in total. The second-order valence-corrected chi connectivity index (χ2v) is 29.9. The zero-order valence-electron chi connectivity index (χ0n) is 44.7. The van der Waals surface area contributed by atoms with Crippen molar-refractivity contribution in [2.45, 2.75) is 167 Å². The number of allylic oxidation sites excluding steroid dienone is 8. The van der Waals surface area contributed by atoms with E-state index in [1.54, 1.807) is 57.2 Å². The molecule has 0 spiro atoms. The van der Waals surface area contributed by atoms with Gasteiger partial charge in [-0.2, -0.15) is 10.2 Å². The molecule has 0 aromatic rings. The number of nitrogens with one attached hydrogen (secondary N) is 2. The summed E-state index contributed by atoms with van der Waals surface area (Å²) >= 11 is 0. The molecule has 0 saturated heterocycles. The van der Waals surface area contributed by atoms with Gasteiger partial charge in [0.25, 0.3) is 11.8 Å².